The first-order valence-corrected chi connectivity index (χ1v) is 10.1. The zero-order chi connectivity index (χ0) is 20.4. The van der Waals surface area contributed by atoms with Crippen LogP contribution in [0.2, 0.25) is 0 Å². The number of carbonyl (C=O) groups is 2. The Labute approximate surface area is 170 Å². The maximum absolute atomic E-state index is 12.6. The molecule has 29 heavy (non-hydrogen) atoms. The maximum Gasteiger partial charge on any atom is 0.407 e. The molecule has 2 N–H and O–H groups in total. The summed E-state index contributed by atoms with van der Waals surface area (Å²) in [6.07, 6.45) is 1.19. The third kappa shape index (κ3) is 4.59. The number of nitrogens with zero attached hydrogens (tertiary/aromatic N) is 3. The first-order valence-electron chi connectivity index (χ1n) is 10.1. The molecule has 2 amide bonds. The molecular weight excluding hydrogens is 370 g/mol. The molecule has 0 spiro atoms. The number of alkyl carbamates (subject to hydrolysis) is 1. The van der Waals surface area contributed by atoms with E-state index in [1.807, 2.05) is 48.9 Å². The number of nitrogens with one attached hydrogen (secondary N) is 2. The lowest BCUT2D eigenvalue weighted by Crippen LogP contribution is -2.42. The monoisotopic (exact) mass is 397 g/mol. The van der Waals surface area contributed by atoms with Crippen LogP contribution in [0.25, 0.3) is 5.69 Å². The van der Waals surface area contributed by atoms with E-state index in [0.717, 1.165) is 55.2 Å². The molecular formula is C21H27N5O3. The molecule has 0 aliphatic carbocycles. The van der Waals surface area contributed by atoms with E-state index in [2.05, 4.69) is 20.6 Å². The molecule has 8 heteroatoms. The van der Waals surface area contributed by atoms with Crippen LogP contribution in [0.4, 0.5) is 10.5 Å². The van der Waals surface area contributed by atoms with Crippen LogP contribution in [0.15, 0.2) is 30.3 Å². The lowest BCUT2D eigenvalue weighted by Gasteiger charge is -2.32. The summed E-state index contributed by atoms with van der Waals surface area (Å²) < 4.78 is 7.09. The maximum atomic E-state index is 12.6. The number of piperidine rings is 1. The van der Waals surface area contributed by atoms with E-state index in [1.54, 1.807) is 0 Å². The fourth-order valence-electron chi connectivity index (χ4n) is 4.02. The standard InChI is InChI=1S/C21H27N5O3/c1-14-11-15(2)26(24-14)18-5-3-17(4-6-18)23-20(27)16-7-9-25(10-8-16)13-19-12-22-21(28)29-19/h3-6,11,16,19H,7-10,12-13H2,1-2H3,(H,22,28)(H,23,27). The Morgan fingerprint density at radius 1 is 1.24 bits per heavy atom. The number of hydrogen-bond acceptors (Lipinski definition) is 5. The van der Waals surface area contributed by atoms with E-state index in [1.165, 1.54) is 0 Å². The number of cyclic esters (lactones) is 1. The van der Waals surface area contributed by atoms with Crippen molar-refractivity contribution < 1.29 is 14.3 Å². The van der Waals surface area contributed by atoms with Crippen molar-refractivity contribution in [3.05, 3.63) is 41.7 Å². The molecule has 8 nitrogen and oxygen atoms in total. The molecule has 154 valence electrons. The van der Waals surface area contributed by atoms with Crippen LogP contribution < -0.4 is 10.6 Å². The predicted octanol–water partition coefficient (Wildman–Crippen LogP) is 2.25. The number of rotatable bonds is 5. The molecule has 1 aromatic heterocycles. The van der Waals surface area contributed by atoms with Gasteiger partial charge in [0, 0.05) is 23.8 Å². The minimum atomic E-state index is -0.340. The lowest BCUT2D eigenvalue weighted by atomic mass is 9.95. The Kier molecular flexibility index (Phi) is 5.53. The second-order valence-electron chi connectivity index (χ2n) is 7.86. The van der Waals surface area contributed by atoms with E-state index < -0.39 is 0 Å². The van der Waals surface area contributed by atoms with E-state index >= 15 is 0 Å². The molecule has 2 aromatic rings. The largest absolute Gasteiger partial charge is 0.443 e. The van der Waals surface area contributed by atoms with Crippen molar-refractivity contribution in [2.75, 3.05) is 31.5 Å². The summed E-state index contributed by atoms with van der Waals surface area (Å²) in [6, 6.07) is 9.80. The molecule has 2 saturated heterocycles. The molecule has 4 rings (SSSR count). The number of likely N-dealkylation sites (tertiary alicyclic amines) is 1. The van der Waals surface area contributed by atoms with Crippen molar-refractivity contribution in [1.29, 1.82) is 0 Å². The Morgan fingerprint density at radius 2 is 1.97 bits per heavy atom. The smallest absolute Gasteiger partial charge is 0.407 e. The predicted molar refractivity (Wildman–Crippen MR) is 109 cm³/mol. The van der Waals surface area contributed by atoms with Gasteiger partial charge in [0.25, 0.3) is 0 Å². The lowest BCUT2D eigenvalue weighted by molar-refractivity contribution is -0.121. The summed E-state index contributed by atoms with van der Waals surface area (Å²) in [5.74, 6) is 0.0728. The van der Waals surface area contributed by atoms with Gasteiger partial charge in [0.15, 0.2) is 0 Å². The van der Waals surface area contributed by atoms with E-state index in [-0.39, 0.29) is 24.0 Å². The zero-order valence-electron chi connectivity index (χ0n) is 16.9. The van der Waals surface area contributed by atoms with Crippen molar-refractivity contribution in [3.8, 4) is 5.69 Å². The fraction of sp³-hybridized carbons (Fsp3) is 0.476. The summed E-state index contributed by atoms with van der Waals surface area (Å²) in [5, 5.41) is 10.2. The van der Waals surface area contributed by atoms with Gasteiger partial charge in [-0.1, -0.05) is 0 Å². The van der Waals surface area contributed by atoms with Gasteiger partial charge < -0.3 is 15.4 Å². The van der Waals surface area contributed by atoms with Crippen molar-refractivity contribution in [2.24, 2.45) is 5.92 Å². The number of aryl methyl sites for hydroxylation is 2. The van der Waals surface area contributed by atoms with Gasteiger partial charge in [-0.3, -0.25) is 9.69 Å². The summed E-state index contributed by atoms with van der Waals surface area (Å²) in [5.41, 5.74) is 3.83. The molecule has 2 aliphatic rings. The highest BCUT2D eigenvalue weighted by Gasteiger charge is 2.29. The number of anilines is 1. The quantitative estimate of drug-likeness (QED) is 0.808. The van der Waals surface area contributed by atoms with Crippen LogP contribution in [-0.2, 0) is 9.53 Å². The van der Waals surface area contributed by atoms with Crippen molar-refractivity contribution in [2.45, 2.75) is 32.8 Å². The van der Waals surface area contributed by atoms with Crippen LogP contribution >= 0.6 is 0 Å². The Morgan fingerprint density at radius 3 is 2.55 bits per heavy atom. The third-order valence-electron chi connectivity index (χ3n) is 5.56. The fourth-order valence-corrected chi connectivity index (χ4v) is 4.02. The summed E-state index contributed by atoms with van der Waals surface area (Å²) >= 11 is 0. The van der Waals surface area contributed by atoms with Gasteiger partial charge in [-0.25, -0.2) is 9.48 Å². The van der Waals surface area contributed by atoms with E-state index in [4.69, 9.17) is 4.74 Å². The second kappa shape index (κ2) is 8.24. The normalized spacial score (nSPS) is 20.3. The molecule has 0 bridgehead atoms. The van der Waals surface area contributed by atoms with Crippen molar-refractivity contribution >= 4 is 17.7 Å². The first-order chi connectivity index (χ1) is 14.0. The van der Waals surface area contributed by atoms with Gasteiger partial charge in [0.1, 0.15) is 6.10 Å². The summed E-state index contributed by atoms with van der Waals surface area (Å²) in [7, 11) is 0. The van der Waals surface area contributed by atoms with Crippen LogP contribution in [0.1, 0.15) is 24.2 Å². The molecule has 0 saturated carbocycles. The number of carbonyl (C=O) groups excluding carboxylic acids is 2. The van der Waals surface area contributed by atoms with Gasteiger partial charge in [-0.05, 0) is 70.1 Å². The molecule has 1 aromatic carbocycles. The molecule has 1 atom stereocenters. The molecule has 2 fully saturated rings. The number of hydrogen-bond donors (Lipinski definition) is 2. The molecule has 0 radical (unpaired) electrons. The van der Waals surface area contributed by atoms with Crippen LogP contribution in [0, 0.1) is 19.8 Å². The van der Waals surface area contributed by atoms with Gasteiger partial charge in [-0.2, -0.15) is 5.10 Å². The van der Waals surface area contributed by atoms with Crippen LogP contribution in [-0.4, -0.2) is 59.0 Å². The van der Waals surface area contributed by atoms with E-state index in [9.17, 15) is 9.59 Å². The minimum Gasteiger partial charge on any atom is -0.443 e. The third-order valence-corrected chi connectivity index (χ3v) is 5.56. The average Bonchev–Trinajstić information content (AvgIpc) is 3.27. The topological polar surface area (TPSA) is 88.5 Å². The number of benzene rings is 1. The second-order valence-corrected chi connectivity index (χ2v) is 7.86. The van der Waals surface area contributed by atoms with Crippen molar-refractivity contribution in [1.82, 2.24) is 20.0 Å². The highest BCUT2D eigenvalue weighted by molar-refractivity contribution is 5.92. The van der Waals surface area contributed by atoms with Gasteiger partial charge in [0.2, 0.25) is 5.91 Å². The SMILES string of the molecule is Cc1cc(C)n(-c2ccc(NC(=O)C3CCN(CC4CNC(=O)O4)CC3)cc2)n1. The van der Waals surface area contributed by atoms with Crippen LogP contribution in [0.3, 0.4) is 0 Å². The number of ether oxygens (including phenoxy) is 1. The van der Waals surface area contributed by atoms with Crippen molar-refractivity contribution in [3.63, 3.8) is 0 Å². The highest BCUT2D eigenvalue weighted by Crippen LogP contribution is 2.21. The number of aromatic nitrogens is 2. The summed E-state index contributed by atoms with van der Waals surface area (Å²) in [4.78, 5) is 26.0. The molecule has 3 heterocycles. The van der Waals surface area contributed by atoms with Gasteiger partial charge in [-0.15, -0.1) is 0 Å². The van der Waals surface area contributed by atoms with Crippen LogP contribution in [0.5, 0.6) is 0 Å². The summed E-state index contributed by atoms with van der Waals surface area (Å²) in [6.45, 7) is 6.95. The Balaban J connectivity index is 1.27. The molecule has 2 aliphatic heterocycles. The zero-order valence-corrected chi connectivity index (χ0v) is 16.9. The highest BCUT2D eigenvalue weighted by atomic mass is 16.6. The Bertz CT molecular complexity index is 884. The number of amides is 2. The van der Waals surface area contributed by atoms with E-state index in [0.29, 0.717) is 6.54 Å². The van der Waals surface area contributed by atoms with Gasteiger partial charge in [0.05, 0.1) is 17.9 Å². The Hall–Kier alpha value is -2.87. The molecule has 1 unspecified atom stereocenters. The minimum absolute atomic E-state index is 0.00573. The van der Waals surface area contributed by atoms with Gasteiger partial charge >= 0.3 is 6.09 Å². The average molecular weight is 397 g/mol. The first kappa shape index (κ1) is 19.4.